The fourth-order valence-electron chi connectivity index (χ4n) is 2.75. The maximum absolute atomic E-state index is 11.1. The molecule has 1 aromatic heterocycles. The lowest BCUT2D eigenvalue weighted by atomic mass is 10.0. The fraction of sp³-hybridized carbons (Fsp3) is 0.429. The molecule has 0 saturated carbocycles. The lowest BCUT2D eigenvalue weighted by Crippen LogP contribution is -2.23. The molecule has 0 aliphatic heterocycles. The number of halogens is 2. The van der Waals surface area contributed by atoms with Gasteiger partial charge in [0.2, 0.25) is 6.54 Å². The van der Waals surface area contributed by atoms with Crippen molar-refractivity contribution in [2.75, 3.05) is 6.54 Å². The number of benzene rings is 1. The zero-order chi connectivity index (χ0) is 15.7. The van der Waals surface area contributed by atoms with Gasteiger partial charge >= 0.3 is 0 Å². The van der Waals surface area contributed by atoms with Crippen molar-refractivity contribution in [3.05, 3.63) is 55.3 Å². The maximum atomic E-state index is 11.1. The van der Waals surface area contributed by atoms with Crippen molar-refractivity contribution in [3.8, 4) is 0 Å². The van der Waals surface area contributed by atoms with Gasteiger partial charge in [0.05, 0.1) is 11.4 Å². The minimum absolute atomic E-state index is 0.364. The summed E-state index contributed by atoms with van der Waals surface area (Å²) in [5, 5.41) is 20.7. The van der Waals surface area contributed by atoms with E-state index in [0.717, 1.165) is 37.1 Å². The molecule has 1 heterocycles. The number of fused-ring (bicyclic) bond motifs is 1. The largest absolute Gasteiger partial charge is 0.264 e. The molecule has 1 atom stereocenters. The second-order valence-electron chi connectivity index (χ2n) is 5.29. The van der Waals surface area contributed by atoms with Gasteiger partial charge in [0.1, 0.15) is 0 Å². The number of hydrogen-bond donors (Lipinski definition) is 0. The van der Waals surface area contributed by atoms with E-state index in [1.807, 2.05) is 0 Å². The second kappa shape index (κ2) is 6.22. The summed E-state index contributed by atoms with van der Waals surface area (Å²) < 4.78 is 0. The van der Waals surface area contributed by atoms with E-state index in [1.165, 1.54) is 4.80 Å². The van der Waals surface area contributed by atoms with Crippen LogP contribution in [0.5, 0.6) is 0 Å². The van der Waals surface area contributed by atoms with Crippen molar-refractivity contribution >= 4 is 23.2 Å². The molecular formula is C14H14Cl2N4O2. The molecule has 22 heavy (non-hydrogen) atoms. The average molecular weight is 341 g/mol. The first-order valence-electron chi connectivity index (χ1n) is 7.06. The molecule has 0 spiro atoms. The van der Waals surface area contributed by atoms with E-state index in [4.69, 9.17) is 23.2 Å². The van der Waals surface area contributed by atoms with Crippen LogP contribution < -0.4 is 0 Å². The lowest BCUT2D eigenvalue weighted by molar-refractivity contribution is -0.485. The Morgan fingerprint density at radius 2 is 1.73 bits per heavy atom. The van der Waals surface area contributed by atoms with Gasteiger partial charge in [-0.3, -0.25) is 10.1 Å². The van der Waals surface area contributed by atoms with Gasteiger partial charge in [0, 0.05) is 20.5 Å². The van der Waals surface area contributed by atoms with Crippen molar-refractivity contribution in [3.63, 3.8) is 0 Å². The molecule has 3 rings (SSSR count). The van der Waals surface area contributed by atoms with Crippen LogP contribution in [0.1, 0.15) is 35.8 Å². The molecule has 1 aliphatic rings. The van der Waals surface area contributed by atoms with E-state index in [1.54, 1.807) is 18.2 Å². The molecule has 0 saturated heterocycles. The van der Waals surface area contributed by atoms with Gasteiger partial charge in [-0.25, -0.2) is 0 Å². The van der Waals surface area contributed by atoms with Crippen LogP contribution in [0.2, 0.25) is 10.0 Å². The first-order chi connectivity index (χ1) is 10.6. The topological polar surface area (TPSA) is 73.8 Å². The van der Waals surface area contributed by atoms with Gasteiger partial charge in [-0.05, 0) is 37.8 Å². The van der Waals surface area contributed by atoms with Crippen LogP contribution in [0.25, 0.3) is 0 Å². The van der Waals surface area contributed by atoms with Crippen LogP contribution in [-0.2, 0) is 12.8 Å². The number of nitrogens with zero attached hydrogens (tertiary/aromatic N) is 4. The summed E-state index contributed by atoms with van der Waals surface area (Å²) in [5.74, 6) is 0. The number of hydrogen-bond acceptors (Lipinski definition) is 4. The summed E-state index contributed by atoms with van der Waals surface area (Å²) in [6.07, 6.45) is 3.85. The Morgan fingerprint density at radius 1 is 1.18 bits per heavy atom. The Labute approximate surface area is 137 Å². The molecule has 1 aromatic carbocycles. The van der Waals surface area contributed by atoms with E-state index in [9.17, 15) is 10.1 Å². The first kappa shape index (κ1) is 15.2. The molecule has 1 unspecified atom stereocenters. The maximum Gasteiger partial charge on any atom is 0.232 e. The van der Waals surface area contributed by atoms with E-state index >= 15 is 0 Å². The average Bonchev–Trinajstić information content (AvgIpc) is 2.89. The Kier molecular flexibility index (Phi) is 4.31. The van der Waals surface area contributed by atoms with Crippen molar-refractivity contribution in [1.29, 1.82) is 0 Å². The van der Waals surface area contributed by atoms with Crippen molar-refractivity contribution in [2.45, 2.75) is 31.7 Å². The molecule has 8 heteroatoms. The molecule has 0 fully saturated rings. The van der Waals surface area contributed by atoms with Gasteiger partial charge in [-0.15, -0.1) is 0 Å². The quantitative estimate of drug-likeness (QED) is 0.632. The third-order valence-electron chi connectivity index (χ3n) is 3.79. The molecule has 1 aliphatic carbocycles. The Balaban J connectivity index is 2.07. The highest BCUT2D eigenvalue weighted by Crippen LogP contribution is 2.32. The number of rotatable bonds is 4. The number of nitro groups is 1. The molecule has 6 nitrogen and oxygen atoms in total. The van der Waals surface area contributed by atoms with Crippen LogP contribution in [-0.4, -0.2) is 26.5 Å². The summed E-state index contributed by atoms with van der Waals surface area (Å²) in [6, 6.07) is 4.33. The third kappa shape index (κ3) is 2.94. The molecule has 0 amide bonds. The number of aromatic nitrogens is 3. The Bertz CT molecular complexity index is 673. The van der Waals surface area contributed by atoms with Crippen LogP contribution in [0.4, 0.5) is 0 Å². The first-order valence-corrected chi connectivity index (χ1v) is 7.82. The van der Waals surface area contributed by atoms with E-state index in [2.05, 4.69) is 10.2 Å². The summed E-state index contributed by atoms with van der Waals surface area (Å²) in [7, 11) is 0. The van der Waals surface area contributed by atoms with Crippen molar-refractivity contribution in [1.82, 2.24) is 15.0 Å². The van der Waals surface area contributed by atoms with E-state index in [-0.39, 0.29) is 6.54 Å². The normalized spacial score (nSPS) is 15.4. The molecule has 2 aromatic rings. The zero-order valence-electron chi connectivity index (χ0n) is 11.7. The van der Waals surface area contributed by atoms with Gasteiger partial charge < -0.3 is 0 Å². The molecule has 116 valence electrons. The van der Waals surface area contributed by atoms with Gasteiger partial charge in [0.25, 0.3) is 0 Å². The minimum atomic E-state index is -0.707. The monoisotopic (exact) mass is 340 g/mol. The summed E-state index contributed by atoms with van der Waals surface area (Å²) in [5.41, 5.74) is 2.33. The highest BCUT2D eigenvalue weighted by molar-refractivity contribution is 6.36. The summed E-state index contributed by atoms with van der Waals surface area (Å²) in [4.78, 5) is 12.1. The highest BCUT2D eigenvalue weighted by Gasteiger charge is 2.28. The van der Waals surface area contributed by atoms with Crippen molar-refractivity contribution < 1.29 is 4.92 Å². The molecule has 0 N–H and O–H groups in total. The third-order valence-corrected chi connectivity index (χ3v) is 4.45. The second-order valence-corrected chi connectivity index (χ2v) is 6.10. The van der Waals surface area contributed by atoms with Crippen molar-refractivity contribution in [2.24, 2.45) is 0 Å². The molecule has 0 radical (unpaired) electrons. The fourth-order valence-corrected chi connectivity index (χ4v) is 3.40. The number of aryl methyl sites for hydroxylation is 2. The lowest BCUT2D eigenvalue weighted by Gasteiger charge is -2.15. The van der Waals surface area contributed by atoms with Crippen LogP contribution >= 0.6 is 23.2 Å². The summed E-state index contributed by atoms with van der Waals surface area (Å²) >= 11 is 12.4. The Hall–Kier alpha value is -1.66. The van der Waals surface area contributed by atoms with E-state index in [0.29, 0.717) is 15.6 Å². The molecular weight excluding hydrogens is 327 g/mol. The van der Waals surface area contributed by atoms with E-state index < -0.39 is 11.0 Å². The SMILES string of the molecule is O=[N+]([O-])CC(c1c(Cl)cccc1Cl)n1nc2c(n1)CCCC2. The Morgan fingerprint density at radius 3 is 2.23 bits per heavy atom. The standard InChI is InChI=1S/C14H14Cl2N4O2/c15-9-4-3-5-10(16)14(9)13(8-19(21)22)20-17-11-6-1-2-7-12(11)18-20/h3-5,13H,1-2,6-8H2. The predicted molar refractivity (Wildman–Crippen MR) is 83.1 cm³/mol. The summed E-state index contributed by atoms with van der Waals surface area (Å²) in [6.45, 7) is -0.364. The highest BCUT2D eigenvalue weighted by atomic mass is 35.5. The van der Waals surface area contributed by atoms with Gasteiger partial charge in [-0.1, -0.05) is 29.3 Å². The molecule has 0 bridgehead atoms. The smallest absolute Gasteiger partial charge is 0.232 e. The van der Waals surface area contributed by atoms with Crippen LogP contribution in [0.3, 0.4) is 0 Å². The van der Waals surface area contributed by atoms with Gasteiger partial charge in [-0.2, -0.15) is 15.0 Å². The van der Waals surface area contributed by atoms with Crippen LogP contribution in [0.15, 0.2) is 18.2 Å². The zero-order valence-corrected chi connectivity index (χ0v) is 13.2. The van der Waals surface area contributed by atoms with Gasteiger partial charge in [0.15, 0.2) is 6.04 Å². The predicted octanol–water partition coefficient (Wildman–Crippen LogP) is 3.33. The minimum Gasteiger partial charge on any atom is -0.264 e. The van der Waals surface area contributed by atoms with Crippen LogP contribution in [0, 0.1) is 10.1 Å².